The second-order valence-electron chi connectivity index (χ2n) is 8.03. The molecule has 1 aromatic rings. The number of nitrogens with zero attached hydrogens (tertiary/aromatic N) is 2. The van der Waals surface area contributed by atoms with Gasteiger partial charge in [0.2, 0.25) is 0 Å². The summed E-state index contributed by atoms with van der Waals surface area (Å²) in [6.45, 7) is 1.49. The van der Waals surface area contributed by atoms with E-state index in [0.29, 0.717) is 19.6 Å². The molecule has 1 saturated heterocycles. The van der Waals surface area contributed by atoms with Gasteiger partial charge in [0.25, 0.3) is 6.23 Å². The van der Waals surface area contributed by atoms with Crippen molar-refractivity contribution in [3.8, 4) is 0 Å². The molecule has 1 aromatic carbocycles. The van der Waals surface area contributed by atoms with Crippen molar-refractivity contribution in [2.75, 3.05) is 20.1 Å². The van der Waals surface area contributed by atoms with E-state index in [1.807, 2.05) is 30.3 Å². The maximum Gasteiger partial charge on any atom is 0.421 e. The van der Waals surface area contributed by atoms with E-state index in [2.05, 4.69) is 5.32 Å². The molecular formula is C21H32N3O3+. The zero-order valence-corrected chi connectivity index (χ0v) is 16.3. The van der Waals surface area contributed by atoms with Gasteiger partial charge in [-0.05, 0) is 18.4 Å². The van der Waals surface area contributed by atoms with E-state index in [-0.39, 0.29) is 16.6 Å². The van der Waals surface area contributed by atoms with Gasteiger partial charge in [0.15, 0.2) is 0 Å². The largest absolute Gasteiger partial charge is 0.421 e. The summed E-state index contributed by atoms with van der Waals surface area (Å²) in [5.74, 6) is -0.398. The fourth-order valence-corrected chi connectivity index (χ4v) is 4.45. The van der Waals surface area contributed by atoms with Crippen LogP contribution in [0.3, 0.4) is 0 Å². The normalized spacial score (nSPS) is 20.8. The van der Waals surface area contributed by atoms with E-state index >= 15 is 0 Å². The highest BCUT2D eigenvalue weighted by Crippen LogP contribution is 2.27. The van der Waals surface area contributed by atoms with Gasteiger partial charge in [-0.3, -0.25) is 9.69 Å². The summed E-state index contributed by atoms with van der Waals surface area (Å²) in [6.07, 6.45) is 5.70. The number of hydrogen-bond acceptors (Lipinski definition) is 3. The van der Waals surface area contributed by atoms with Crippen LogP contribution in [0, 0.1) is 0 Å². The average molecular weight is 375 g/mol. The SMILES string of the molecule is CN(Cc1ccccc1)C(=O)[N+]1(C(O)C(=O)NC2CCCCC2)CCCC1. The van der Waals surface area contributed by atoms with Crippen LogP contribution in [0.25, 0.3) is 0 Å². The van der Waals surface area contributed by atoms with Crippen molar-refractivity contribution in [2.24, 2.45) is 0 Å². The number of nitrogens with one attached hydrogen (secondary N) is 1. The highest BCUT2D eigenvalue weighted by molar-refractivity contribution is 5.82. The Bertz CT molecular complexity index is 637. The maximum atomic E-state index is 13.3. The standard InChI is InChI=1S/C21H31N3O3/c1-23(16-17-10-4-2-5-11-17)21(27)24(14-8-9-15-24)20(26)19(25)22-18-12-6-3-7-13-18/h2,4-5,10-11,18,20,26H,3,6-9,12-16H2,1H3/p+1. The van der Waals surface area contributed by atoms with E-state index in [1.54, 1.807) is 11.9 Å². The minimum absolute atomic E-state index is 0.126. The van der Waals surface area contributed by atoms with Gasteiger partial charge in [-0.2, -0.15) is 0 Å². The molecule has 2 N–H and O–H groups in total. The molecule has 3 amide bonds. The monoisotopic (exact) mass is 374 g/mol. The van der Waals surface area contributed by atoms with Crippen LogP contribution in [0.4, 0.5) is 4.79 Å². The van der Waals surface area contributed by atoms with Gasteiger partial charge in [0, 0.05) is 25.9 Å². The van der Waals surface area contributed by atoms with Crippen molar-refractivity contribution < 1.29 is 19.2 Å². The Labute approximate surface area is 161 Å². The van der Waals surface area contributed by atoms with Crippen LogP contribution in [-0.4, -0.2) is 58.8 Å². The first-order valence-electron chi connectivity index (χ1n) is 10.2. The lowest BCUT2D eigenvalue weighted by Crippen LogP contribution is -2.66. The number of carbonyl (C=O) groups excluding carboxylic acids is 2. The Morgan fingerprint density at radius 3 is 2.37 bits per heavy atom. The Hall–Kier alpha value is -1.92. The average Bonchev–Trinajstić information content (AvgIpc) is 3.19. The predicted molar refractivity (Wildman–Crippen MR) is 104 cm³/mol. The topological polar surface area (TPSA) is 69.6 Å². The summed E-state index contributed by atoms with van der Waals surface area (Å²) in [5, 5.41) is 13.9. The molecule has 1 heterocycles. The highest BCUT2D eigenvalue weighted by atomic mass is 16.3. The quantitative estimate of drug-likeness (QED) is 0.779. The van der Waals surface area contributed by atoms with Gasteiger partial charge >= 0.3 is 11.9 Å². The summed E-state index contributed by atoms with van der Waals surface area (Å²) in [4.78, 5) is 27.6. The molecule has 6 heteroatoms. The Kier molecular flexibility index (Phi) is 6.50. The summed E-state index contributed by atoms with van der Waals surface area (Å²) in [7, 11) is 1.75. The molecule has 0 aromatic heterocycles. The minimum atomic E-state index is -1.33. The van der Waals surface area contributed by atoms with Crippen LogP contribution < -0.4 is 5.32 Å². The zero-order valence-electron chi connectivity index (χ0n) is 16.3. The molecule has 1 aliphatic carbocycles. The van der Waals surface area contributed by atoms with Crippen LogP contribution in [0.15, 0.2) is 30.3 Å². The van der Waals surface area contributed by atoms with Crippen molar-refractivity contribution in [2.45, 2.75) is 63.8 Å². The minimum Gasteiger partial charge on any atom is -0.346 e. The van der Waals surface area contributed by atoms with E-state index in [4.69, 9.17) is 0 Å². The summed E-state index contributed by atoms with van der Waals surface area (Å²) >= 11 is 0. The van der Waals surface area contributed by atoms with Gasteiger partial charge in [-0.25, -0.2) is 9.28 Å². The molecule has 0 bridgehead atoms. The summed E-state index contributed by atoms with van der Waals surface area (Å²) in [6, 6.07) is 9.73. The Morgan fingerprint density at radius 1 is 1.11 bits per heavy atom. The van der Waals surface area contributed by atoms with Crippen LogP contribution in [-0.2, 0) is 11.3 Å². The number of rotatable bonds is 5. The number of amides is 3. The van der Waals surface area contributed by atoms with Gasteiger partial charge < -0.3 is 10.4 Å². The number of quaternary nitrogens is 1. The lowest BCUT2D eigenvalue weighted by atomic mass is 9.95. The van der Waals surface area contributed by atoms with E-state index in [9.17, 15) is 14.7 Å². The second kappa shape index (κ2) is 8.85. The Balaban J connectivity index is 1.69. The number of carbonyl (C=O) groups is 2. The molecule has 1 unspecified atom stereocenters. The molecule has 0 radical (unpaired) electrons. The van der Waals surface area contributed by atoms with Crippen molar-refractivity contribution >= 4 is 11.9 Å². The number of hydrogen-bond donors (Lipinski definition) is 2. The number of likely N-dealkylation sites (tertiary alicyclic amines) is 1. The first-order valence-corrected chi connectivity index (χ1v) is 10.2. The third-order valence-electron chi connectivity index (χ3n) is 5.99. The predicted octanol–water partition coefficient (Wildman–Crippen LogP) is 2.62. The van der Waals surface area contributed by atoms with Gasteiger partial charge in [0.05, 0.1) is 19.6 Å². The fourth-order valence-electron chi connectivity index (χ4n) is 4.45. The van der Waals surface area contributed by atoms with Crippen LogP contribution in [0.1, 0.15) is 50.5 Å². The van der Waals surface area contributed by atoms with E-state index in [1.165, 1.54) is 6.42 Å². The summed E-state index contributed by atoms with van der Waals surface area (Å²) in [5.41, 5.74) is 1.03. The van der Waals surface area contributed by atoms with Gasteiger partial charge in [-0.1, -0.05) is 49.6 Å². The summed E-state index contributed by atoms with van der Waals surface area (Å²) < 4.78 is -0.179. The molecule has 1 atom stereocenters. The first-order chi connectivity index (χ1) is 13.0. The molecule has 3 rings (SSSR count). The molecule has 27 heavy (non-hydrogen) atoms. The lowest BCUT2D eigenvalue weighted by Gasteiger charge is -2.37. The van der Waals surface area contributed by atoms with Crippen molar-refractivity contribution in [3.63, 3.8) is 0 Å². The third-order valence-corrected chi connectivity index (χ3v) is 5.99. The van der Waals surface area contributed by atoms with Crippen LogP contribution in [0.2, 0.25) is 0 Å². The maximum absolute atomic E-state index is 13.3. The second-order valence-corrected chi connectivity index (χ2v) is 8.03. The van der Waals surface area contributed by atoms with E-state index in [0.717, 1.165) is 44.1 Å². The number of aliphatic hydroxyl groups is 1. The molecule has 2 aliphatic rings. The highest BCUT2D eigenvalue weighted by Gasteiger charge is 2.51. The van der Waals surface area contributed by atoms with Crippen molar-refractivity contribution in [3.05, 3.63) is 35.9 Å². The fraction of sp³-hybridized carbons (Fsp3) is 0.619. The molecule has 6 nitrogen and oxygen atoms in total. The lowest BCUT2D eigenvalue weighted by molar-refractivity contribution is -0.879. The Morgan fingerprint density at radius 2 is 1.74 bits per heavy atom. The van der Waals surface area contributed by atoms with Crippen LogP contribution in [0.5, 0.6) is 0 Å². The molecular weight excluding hydrogens is 342 g/mol. The molecule has 1 aliphatic heterocycles. The zero-order chi connectivity index (χ0) is 19.3. The third kappa shape index (κ3) is 4.50. The van der Waals surface area contributed by atoms with Crippen molar-refractivity contribution in [1.82, 2.24) is 10.2 Å². The van der Waals surface area contributed by atoms with Gasteiger partial charge in [0.1, 0.15) is 0 Å². The molecule has 148 valence electrons. The number of aliphatic hydroxyl groups excluding tert-OH is 1. The van der Waals surface area contributed by atoms with E-state index < -0.39 is 12.1 Å². The molecule has 2 fully saturated rings. The van der Waals surface area contributed by atoms with Gasteiger partial charge in [-0.15, -0.1) is 0 Å². The van der Waals surface area contributed by atoms with Crippen LogP contribution >= 0.6 is 0 Å². The smallest absolute Gasteiger partial charge is 0.346 e. The molecule has 1 saturated carbocycles. The number of urea groups is 1. The van der Waals surface area contributed by atoms with Crippen molar-refractivity contribution in [1.29, 1.82) is 0 Å². The first kappa shape index (κ1) is 19.8. The molecule has 0 spiro atoms. The number of benzene rings is 1.